The summed E-state index contributed by atoms with van der Waals surface area (Å²) in [6.45, 7) is 1.58. The summed E-state index contributed by atoms with van der Waals surface area (Å²) in [7, 11) is 3.91. The number of hydrogen-bond donors (Lipinski definition) is 1. The summed E-state index contributed by atoms with van der Waals surface area (Å²) in [6, 6.07) is 13.0. The van der Waals surface area contributed by atoms with E-state index in [1.165, 1.54) is 30.2 Å². The van der Waals surface area contributed by atoms with Crippen LogP contribution in [-0.2, 0) is 11.0 Å². The maximum absolute atomic E-state index is 15.2. The van der Waals surface area contributed by atoms with E-state index in [-0.39, 0.29) is 34.5 Å². The fourth-order valence-corrected chi connectivity index (χ4v) is 6.60. The second kappa shape index (κ2) is 12.0. The molecular weight excluding hydrogens is 553 g/mol. The molecule has 1 saturated heterocycles. The normalized spacial score (nSPS) is 19.4. The lowest BCUT2D eigenvalue weighted by atomic mass is 9.95. The number of aromatic nitrogens is 2. The summed E-state index contributed by atoms with van der Waals surface area (Å²) in [5, 5.41) is 8.79. The van der Waals surface area contributed by atoms with Crippen LogP contribution in [0.2, 0.25) is 0 Å². The first-order valence-electron chi connectivity index (χ1n) is 13.2. The van der Waals surface area contributed by atoms with Crippen LogP contribution in [0.25, 0.3) is 0 Å². The van der Waals surface area contributed by atoms with E-state index < -0.39 is 23.0 Å². The van der Waals surface area contributed by atoms with Gasteiger partial charge in [0.25, 0.3) is 5.91 Å². The van der Waals surface area contributed by atoms with Crippen LogP contribution in [0.4, 0.5) is 24.5 Å². The summed E-state index contributed by atoms with van der Waals surface area (Å²) in [4.78, 5) is 18.0. The molecule has 1 fully saturated rings. The molecule has 0 aliphatic carbocycles. The van der Waals surface area contributed by atoms with Crippen LogP contribution in [0, 0.1) is 5.92 Å². The molecule has 0 radical (unpaired) electrons. The fraction of sp³-hybridized carbons (Fsp3) is 0.345. The first-order valence-corrected chi connectivity index (χ1v) is 14.2. The molecule has 8 nitrogen and oxygen atoms in total. The lowest BCUT2D eigenvalue weighted by molar-refractivity contribution is -0.138. The standard InChI is InChI=1S/C29H31F3N6O2S/c1-36(2)16-19-7-6-14-37(17-19)26-22(38-23(27(33)39)18-41-28(38)20-12-13-34-35-15-20)10-11-24(25(26)29(30,31)32)40-21-8-4-3-5-9-21/h3-5,8-13,15,18-19,28H,6-7,14,16-17H2,1-2H3,(H2,33,39)/t19-,28?/m1/s1. The lowest BCUT2D eigenvalue weighted by Crippen LogP contribution is -2.41. The minimum Gasteiger partial charge on any atom is -0.457 e. The van der Waals surface area contributed by atoms with E-state index in [2.05, 4.69) is 10.2 Å². The van der Waals surface area contributed by atoms with E-state index >= 15 is 13.2 Å². The Kier molecular flexibility index (Phi) is 8.41. The smallest absolute Gasteiger partial charge is 0.422 e. The zero-order chi connectivity index (χ0) is 29.1. The van der Waals surface area contributed by atoms with Crippen molar-refractivity contribution in [2.24, 2.45) is 11.7 Å². The number of amides is 1. The number of alkyl halides is 3. The van der Waals surface area contributed by atoms with E-state index in [1.807, 2.05) is 19.0 Å². The van der Waals surface area contributed by atoms with Crippen LogP contribution < -0.4 is 20.3 Å². The number of thioether (sulfide) groups is 1. The zero-order valence-corrected chi connectivity index (χ0v) is 23.5. The molecule has 2 aliphatic rings. The van der Waals surface area contributed by atoms with Crippen molar-refractivity contribution in [2.45, 2.75) is 24.4 Å². The van der Waals surface area contributed by atoms with Crippen LogP contribution in [-0.4, -0.2) is 54.7 Å². The molecule has 2 N–H and O–H groups in total. The molecule has 2 aliphatic heterocycles. The number of hydrogen-bond acceptors (Lipinski definition) is 8. The highest BCUT2D eigenvalue weighted by molar-refractivity contribution is 8.02. The number of rotatable bonds is 8. The van der Waals surface area contributed by atoms with E-state index in [1.54, 1.807) is 57.7 Å². The third kappa shape index (κ3) is 6.28. The maximum Gasteiger partial charge on any atom is 0.422 e. The van der Waals surface area contributed by atoms with Crippen LogP contribution in [0.3, 0.4) is 0 Å². The van der Waals surface area contributed by atoms with E-state index in [0.29, 0.717) is 18.7 Å². The minimum atomic E-state index is -4.76. The Morgan fingerprint density at radius 2 is 1.93 bits per heavy atom. The number of carbonyl (C=O) groups is 1. The zero-order valence-electron chi connectivity index (χ0n) is 22.7. The molecule has 1 aromatic heterocycles. The highest BCUT2D eigenvalue weighted by Gasteiger charge is 2.44. The van der Waals surface area contributed by atoms with Crippen molar-refractivity contribution in [3.05, 3.63) is 83.2 Å². The molecule has 3 heterocycles. The molecular formula is C29H31F3N6O2S. The molecule has 1 unspecified atom stereocenters. The van der Waals surface area contributed by atoms with Gasteiger partial charge in [0.2, 0.25) is 0 Å². The van der Waals surface area contributed by atoms with Gasteiger partial charge < -0.3 is 25.2 Å². The Hall–Kier alpha value is -3.77. The highest BCUT2D eigenvalue weighted by Crippen LogP contribution is 2.54. The van der Waals surface area contributed by atoms with Crippen molar-refractivity contribution in [1.82, 2.24) is 15.1 Å². The molecule has 0 saturated carbocycles. The summed E-state index contributed by atoms with van der Waals surface area (Å²) >= 11 is 1.28. The van der Waals surface area contributed by atoms with Crippen LogP contribution in [0.1, 0.15) is 29.3 Å². The molecule has 0 bridgehead atoms. The summed E-state index contributed by atoms with van der Waals surface area (Å²) in [6.07, 6.45) is -0.0899. The first kappa shape index (κ1) is 28.7. The van der Waals surface area contributed by atoms with Gasteiger partial charge in [0.15, 0.2) is 0 Å². The fourth-order valence-electron chi connectivity index (χ4n) is 5.46. The van der Waals surface area contributed by atoms with Crippen molar-refractivity contribution in [2.75, 3.05) is 43.5 Å². The van der Waals surface area contributed by atoms with Crippen LogP contribution in [0.15, 0.2) is 72.0 Å². The second-order valence-electron chi connectivity index (χ2n) is 10.3. The number of benzene rings is 2. The number of nitrogens with two attached hydrogens (primary N) is 1. The number of primary amides is 1. The van der Waals surface area contributed by atoms with Gasteiger partial charge in [0, 0.05) is 36.8 Å². The van der Waals surface area contributed by atoms with Gasteiger partial charge in [-0.05, 0) is 63.2 Å². The third-order valence-electron chi connectivity index (χ3n) is 7.04. The summed E-state index contributed by atoms with van der Waals surface area (Å²) < 4.78 is 51.3. The number of anilines is 2. The quantitative estimate of drug-likeness (QED) is 0.364. The van der Waals surface area contributed by atoms with E-state index in [4.69, 9.17) is 10.5 Å². The molecule has 0 spiro atoms. The summed E-state index contributed by atoms with van der Waals surface area (Å²) in [5.41, 5.74) is 5.84. The van der Waals surface area contributed by atoms with E-state index in [9.17, 15) is 4.79 Å². The SMILES string of the molecule is CN(C)C[C@H]1CCCN(c2c(N3C(C(N)=O)=CSC3c3ccnnc3)ccc(Oc3ccccc3)c2C(F)(F)F)C1. The summed E-state index contributed by atoms with van der Waals surface area (Å²) in [5.74, 6) is -0.604. The molecule has 12 heteroatoms. The number of para-hydroxylation sites is 1. The van der Waals surface area contributed by atoms with Gasteiger partial charge in [0.1, 0.15) is 28.1 Å². The molecule has 3 aromatic rings. The molecule has 2 atom stereocenters. The van der Waals surface area contributed by atoms with Crippen LogP contribution in [0.5, 0.6) is 11.5 Å². The molecule has 2 aromatic carbocycles. The Bertz CT molecular complexity index is 1400. The molecule has 5 rings (SSSR count). The minimum absolute atomic E-state index is 0.0314. The number of piperidine rings is 1. The van der Waals surface area contributed by atoms with Gasteiger partial charge in [-0.3, -0.25) is 4.79 Å². The van der Waals surface area contributed by atoms with Crippen molar-refractivity contribution in [3.63, 3.8) is 0 Å². The predicted molar refractivity (Wildman–Crippen MR) is 154 cm³/mol. The predicted octanol–water partition coefficient (Wildman–Crippen LogP) is 5.64. The number of nitrogens with zero attached hydrogens (tertiary/aromatic N) is 5. The van der Waals surface area contributed by atoms with Crippen molar-refractivity contribution in [3.8, 4) is 11.5 Å². The van der Waals surface area contributed by atoms with E-state index in [0.717, 1.165) is 19.4 Å². The van der Waals surface area contributed by atoms with Gasteiger partial charge in [-0.15, -0.1) is 11.8 Å². The van der Waals surface area contributed by atoms with Gasteiger partial charge in [0.05, 0.1) is 17.6 Å². The van der Waals surface area contributed by atoms with Crippen LogP contribution >= 0.6 is 11.8 Å². The average Bonchev–Trinajstić information content (AvgIpc) is 3.38. The monoisotopic (exact) mass is 584 g/mol. The van der Waals surface area contributed by atoms with Crippen molar-refractivity contribution >= 4 is 29.0 Å². The third-order valence-corrected chi connectivity index (χ3v) is 8.14. The Morgan fingerprint density at radius 1 is 1.15 bits per heavy atom. The van der Waals surface area contributed by atoms with Gasteiger partial charge in [-0.1, -0.05) is 18.2 Å². The lowest BCUT2D eigenvalue weighted by Gasteiger charge is -2.40. The highest BCUT2D eigenvalue weighted by atomic mass is 32.2. The van der Waals surface area contributed by atoms with Gasteiger partial charge in [-0.2, -0.15) is 23.4 Å². The Morgan fingerprint density at radius 3 is 2.59 bits per heavy atom. The molecule has 41 heavy (non-hydrogen) atoms. The largest absolute Gasteiger partial charge is 0.457 e. The number of halogens is 3. The average molecular weight is 585 g/mol. The Labute approximate surface area is 241 Å². The molecule has 1 amide bonds. The second-order valence-corrected chi connectivity index (χ2v) is 11.3. The van der Waals surface area contributed by atoms with Gasteiger partial charge in [-0.25, -0.2) is 0 Å². The van der Waals surface area contributed by atoms with Crippen molar-refractivity contribution < 1.29 is 22.7 Å². The van der Waals surface area contributed by atoms with Gasteiger partial charge >= 0.3 is 6.18 Å². The van der Waals surface area contributed by atoms with Crippen molar-refractivity contribution in [1.29, 1.82) is 0 Å². The first-order chi connectivity index (χ1) is 19.6. The number of carbonyl (C=O) groups excluding carboxylic acids is 1. The number of ether oxygens (including phenoxy) is 1. The molecule has 216 valence electrons. The topological polar surface area (TPSA) is 87.8 Å². The maximum atomic E-state index is 15.2. The Balaban J connectivity index is 1.72.